The van der Waals surface area contributed by atoms with Gasteiger partial charge >= 0.3 is 0 Å². The van der Waals surface area contributed by atoms with Gasteiger partial charge in [0.25, 0.3) is 0 Å². The van der Waals surface area contributed by atoms with Crippen molar-refractivity contribution in [2.24, 2.45) is 7.05 Å². The van der Waals surface area contributed by atoms with E-state index in [1.54, 1.807) is 4.68 Å². The fourth-order valence-corrected chi connectivity index (χ4v) is 3.71. The lowest BCUT2D eigenvalue weighted by Crippen LogP contribution is -2.43. The minimum Gasteiger partial charge on any atom is -0.382 e. The first-order chi connectivity index (χ1) is 12.0. The Balaban J connectivity index is 1.73. The van der Waals surface area contributed by atoms with Crippen LogP contribution in [0.3, 0.4) is 0 Å². The zero-order valence-electron chi connectivity index (χ0n) is 15.4. The third-order valence-electron chi connectivity index (χ3n) is 5.14. The van der Waals surface area contributed by atoms with Crippen molar-refractivity contribution in [3.05, 3.63) is 17.8 Å². The van der Waals surface area contributed by atoms with Gasteiger partial charge in [0.1, 0.15) is 0 Å². The van der Waals surface area contributed by atoms with Crippen LogP contribution < -0.4 is 5.73 Å². The summed E-state index contributed by atoms with van der Waals surface area (Å²) in [5.41, 5.74) is 7.81. The Bertz CT molecular complexity index is 751. The van der Waals surface area contributed by atoms with Crippen molar-refractivity contribution in [3.8, 4) is 0 Å². The highest BCUT2D eigenvalue weighted by atomic mass is 16.2. The van der Waals surface area contributed by atoms with Gasteiger partial charge in [0.05, 0.1) is 11.9 Å². The Morgan fingerprint density at radius 2 is 2.12 bits per heavy atom. The molecule has 2 aromatic heterocycles. The van der Waals surface area contributed by atoms with Crippen LogP contribution in [0.2, 0.25) is 0 Å². The minimum atomic E-state index is 0.216. The predicted octanol–water partition coefficient (Wildman–Crippen LogP) is 1.60. The summed E-state index contributed by atoms with van der Waals surface area (Å²) in [6, 6.07) is 4.07. The zero-order chi connectivity index (χ0) is 18.0. The maximum atomic E-state index is 12.4. The molecule has 25 heavy (non-hydrogen) atoms. The van der Waals surface area contributed by atoms with Gasteiger partial charge in [0.2, 0.25) is 5.91 Å². The molecule has 3 heterocycles. The minimum absolute atomic E-state index is 0.216. The largest absolute Gasteiger partial charge is 0.382 e. The van der Waals surface area contributed by atoms with Crippen LogP contribution in [0.15, 0.2) is 12.1 Å². The van der Waals surface area contributed by atoms with Crippen LogP contribution in [0.25, 0.3) is 11.0 Å². The fraction of sp³-hybridized carbons (Fsp3) is 0.611. The quantitative estimate of drug-likeness (QED) is 0.891. The lowest BCUT2D eigenvalue weighted by atomic mass is 9.94. The number of amides is 1. The summed E-state index contributed by atoms with van der Waals surface area (Å²) in [6.45, 7) is 7.94. The smallest absolute Gasteiger partial charge is 0.236 e. The molecule has 1 atom stereocenters. The third kappa shape index (κ3) is 3.61. The van der Waals surface area contributed by atoms with Crippen LogP contribution in [0.1, 0.15) is 38.3 Å². The van der Waals surface area contributed by atoms with Gasteiger partial charge < -0.3 is 10.6 Å². The first-order valence-corrected chi connectivity index (χ1v) is 9.12. The summed E-state index contributed by atoms with van der Waals surface area (Å²) in [5, 5.41) is 5.14. The van der Waals surface area contributed by atoms with Crippen molar-refractivity contribution >= 4 is 22.8 Å². The van der Waals surface area contributed by atoms with E-state index in [1.807, 2.05) is 31.9 Å². The summed E-state index contributed by atoms with van der Waals surface area (Å²) in [5.74, 6) is 1.08. The fourth-order valence-electron chi connectivity index (χ4n) is 3.71. The standard InChI is InChI=1S/C18H28N6O/c1-4-24(5-2)16(25)12-23-10-6-7-13(11-23)15-9-8-14-17(19)21-22(3)18(14)20-15/h8-9,13H,4-7,10-12H2,1-3H3,(H2,19,21)/t13-/m0/s1. The Kier molecular flexibility index (Phi) is 5.22. The van der Waals surface area contributed by atoms with E-state index >= 15 is 0 Å². The van der Waals surface area contributed by atoms with Gasteiger partial charge in [-0.25, -0.2) is 9.67 Å². The number of likely N-dealkylation sites (tertiary alicyclic amines) is 1. The molecule has 2 aromatic rings. The number of hydrogen-bond acceptors (Lipinski definition) is 5. The van der Waals surface area contributed by atoms with Crippen molar-refractivity contribution in [1.29, 1.82) is 0 Å². The van der Waals surface area contributed by atoms with E-state index in [2.05, 4.69) is 16.1 Å². The molecule has 1 amide bonds. The van der Waals surface area contributed by atoms with E-state index in [1.165, 1.54) is 0 Å². The van der Waals surface area contributed by atoms with E-state index in [9.17, 15) is 4.79 Å². The number of fused-ring (bicyclic) bond motifs is 1. The number of nitrogen functional groups attached to an aromatic ring is 1. The highest BCUT2D eigenvalue weighted by molar-refractivity contribution is 5.86. The van der Waals surface area contributed by atoms with Crippen molar-refractivity contribution in [3.63, 3.8) is 0 Å². The average Bonchev–Trinajstić information content (AvgIpc) is 2.90. The van der Waals surface area contributed by atoms with E-state index < -0.39 is 0 Å². The summed E-state index contributed by atoms with van der Waals surface area (Å²) in [4.78, 5) is 21.3. The molecule has 1 fully saturated rings. The monoisotopic (exact) mass is 344 g/mol. The van der Waals surface area contributed by atoms with E-state index in [-0.39, 0.29) is 5.91 Å². The van der Waals surface area contributed by atoms with Crippen LogP contribution in [0, 0.1) is 0 Å². The molecule has 7 nitrogen and oxygen atoms in total. The van der Waals surface area contributed by atoms with Gasteiger partial charge in [0.15, 0.2) is 11.5 Å². The predicted molar refractivity (Wildman–Crippen MR) is 99.3 cm³/mol. The van der Waals surface area contributed by atoms with Gasteiger partial charge in [0, 0.05) is 38.3 Å². The lowest BCUT2D eigenvalue weighted by molar-refractivity contribution is -0.132. The van der Waals surface area contributed by atoms with Gasteiger partial charge in [-0.2, -0.15) is 5.10 Å². The van der Waals surface area contributed by atoms with E-state index in [0.717, 1.165) is 55.7 Å². The molecular weight excluding hydrogens is 316 g/mol. The molecule has 0 spiro atoms. The Hall–Kier alpha value is -2.15. The number of rotatable bonds is 5. The lowest BCUT2D eigenvalue weighted by Gasteiger charge is -2.33. The normalized spacial score (nSPS) is 18.6. The number of likely N-dealkylation sites (N-methyl/N-ethyl adjacent to an activating group) is 1. The molecule has 3 rings (SSSR count). The molecule has 136 valence electrons. The van der Waals surface area contributed by atoms with Crippen molar-refractivity contribution < 1.29 is 4.79 Å². The van der Waals surface area contributed by atoms with Crippen LogP contribution >= 0.6 is 0 Å². The number of carbonyl (C=O) groups is 1. The third-order valence-corrected chi connectivity index (χ3v) is 5.14. The van der Waals surface area contributed by atoms with E-state index in [4.69, 9.17) is 10.7 Å². The number of nitrogens with zero attached hydrogens (tertiary/aromatic N) is 5. The molecule has 1 aliphatic heterocycles. The summed E-state index contributed by atoms with van der Waals surface area (Å²) >= 11 is 0. The highest BCUT2D eigenvalue weighted by Crippen LogP contribution is 2.28. The van der Waals surface area contributed by atoms with Crippen LogP contribution in [-0.2, 0) is 11.8 Å². The van der Waals surface area contributed by atoms with Crippen molar-refractivity contribution in [1.82, 2.24) is 24.6 Å². The number of carbonyl (C=O) groups excluding carboxylic acids is 1. The van der Waals surface area contributed by atoms with Crippen molar-refractivity contribution in [2.45, 2.75) is 32.6 Å². The molecule has 0 saturated carbocycles. The van der Waals surface area contributed by atoms with Gasteiger partial charge in [-0.3, -0.25) is 9.69 Å². The number of pyridine rings is 1. The first kappa shape index (κ1) is 17.7. The molecular formula is C18H28N6O. The first-order valence-electron chi connectivity index (χ1n) is 9.12. The second-order valence-corrected chi connectivity index (χ2v) is 6.76. The highest BCUT2D eigenvalue weighted by Gasteiger charge is 2.25. The van der Waals surface area contributed by atoms with Crippen molar-refractivity contribution in [2.75, 3.05) is 38.5 Å². The van der Waals surface area contributed by atoms with Gasteiger partial charge in [-0.1, -0.05) is 0 Å². The Labute approximate surface area is 148 Å². The number of nitrogens with two attached hydrogens (primary N) is 1. The summed E-state index contributed by atoms with van der Waals surface area (Å²) in [6.07, 6.45) is 2.19. The topological polar surface area (TPSA) is 80.3 Å². The zero-order valence-corrected chi connectivity index (χ0v) is 15.4. The SMILES string of the molecule is CCN(CC)C(=O)CN1CCC[C@H](c2ccc3c(N)nn(C)c3n2)C1. The molecule has 0 bridgehead atoms. The Morgan fingerprint density at radius 1 is 1.36 bits per heavy atom. The van der Waals surface area contributed by atoms with Gasteiger partial charge in [-0.05, 0) is 45.4 Å². The second kappa shape index (κ2) is 7.39. The molecule has 1 aliphatic rings. The molecule has 0 radical (unpaired) electrons. The van der Waals surface area contributed by atoms with Crippen LogP contribution in [0.5, 0.6) is 0 Å². The number of piperidine rings is 1. The van der Waals surface area contributed by atoms with Gasteiger partial charge in [-0.15, -0.1) is 0 Å². The summed E-state index contributed by atoms with van der Waals surface area (Å²) < 4.78 is 1.73. The molecule has 7 heteroatoms. The second-order valence-electron chi connectivity index (χ2n) is 6.76. The van der Waals surface area contributed by atoms with E-state index in [0.29, 0.717) is 18.3 Å². The maximum Gasteiger partial charge on any atom is 0.236 e. The van der Waals surface area contributed by atoms with Crippen LogP contribution in [-0.4, -0.2) is 63.2 Å². The molecule has 0 aliphatic carbocycles. The number of hydrogen-bond donors (Lipinski definition) is 1. The molecule has 1 saturated heterocycles. The number of aryl methyl sites for hydroxylation is 1. The average molecular weight is 344 g/mol. The van der Waals surface area contributed by atoms with Crippen LogP contribution in [0.4, 0.5) is 5.82 Å². The summed E-state index contributed by atoms with van der Waals surface area (Å²) in [7, 11) is 1.87. The molecule has 0 unspecified atom stereocenters. The Morgan fingerprint density at radius 3 is 2.84 bits per heavy atom. The number of aromatic nitrogens is 3. The number of anilines is 1. The maximum absolute atomic E-state index is 12.4. The molecule has 2 N–H and O–H groups in total. The molecule has 0 aromatic carbocycles.